The van der Waals surface area contributed by atoms with Gasteiger partial charge in [-0.2, -0.15) is 0 Å². The maximum absolute atomic E-state index is 11.4. The number of nitrogens with two attached hydrogens (primary N) is 1. The van der Waals surface area contributed by atoms with Crippen LogP contribution in [0.3, 0.4) is 0 Å². The van der Waals surface area contributed by atoms with E-state index in [1.165, 1.54) is 0 Å². The second-order valence-corrected chi connectivity index (χ2v) is 6.44. The molecule has 0 aromatic carbocycles. The van der Waals surface area contributed by atoms with E-state index < -0.39 is 21.7 Å². The van der Waals surface area contributed by atoms with Crippen LogP contribution in [0, 0.1) is 0 Å². The summed E-state index contributed by atoms with van der Waals surface area (Å²) in [6.07, 6.45) is 3.87. The van der Waals surface area contributed by atoms with Crippen molar-refractivity contribution < 1.29 is 22.7 Å². The number of esters is 1. The number of ether oxygens (including phenoxy) is 2. The molecule has 0 heterocycles. The Kier molecular flexibility index (Phi) is 6.70. The molecule has 19 heavy (non-hydrogen) atoms. The predicted molar refractivity (Wildman–Crippen MR) is 70.0 cm³/mol. The molecule has 1 aliphatic carbocycles. The fraction of sp³-hybridized carbons (Fsp3) is 0.909. The first-order chi connectivity index (χ1) is 8.93. The third-order valence-electron chi connectivity index (χ3n) is 3.03. The number of methoxy groups -OCH3 is 1. The molecule has 0 unspecified atom stereocenters. The minimum Gasteiger partial charge on any atom is -0.468 e. The molecular weight excluding hydrogens is 272 g/mol. The van der Waals surface area contributed by atoms with E-state index in [1.807, 2.05) is 0 Å². The predicted octanol–water partition coefficient (Wildman–Crippen LogP) is -0.635. The zero-order valence-electron chi connectivity index (χ0n) is 11.1. The van der Waals surface area contributed by atoms with Gasteiger partial charge in [0.05, 0.1) is 19.8 Å². The van der Waals surface area contributed by atoms with Gasteiger partial charge in [0, 0.05) is 12.6 Å². The van der Waals surface area contributed by atoms with Crippen molar-refractivity contribution in [1.29, 1.82) is 0 Å². The number of hydrogen-bond acceptors (Lipinski definition) is 6. The molecule has 0 spiro atoms. The van der Waals surface area contributed by atoms with Crippen molar-refractivity contribution in [2.45, 2.75) is 37.8 Å². The smallest absolute Gasteiger partial charge is 0.322 e. The first-order valence-corrected chi connectivity index (χ1v) is 7.99. The number of hydrogen-bond donors (Lipinski definition) is 2. The van der Waals surface area contributed by atoms with Crippen LogP contribution in [0.15, 0.2) is 0 Å². The molecule has 0 aromatic heterocycles. The van der Waals surface area contributed by atoms with Gasteiger partial charge in [-0.05, 0) is 25.7 Å². The van der Waals surface area contributed by atoms with Gasteiger partial charge in [-0.15, -0.1) is 0 Å². The van der Waals surface area contributed by atoms with E-state index in [2.05, 4.69) is 9.46 Å². The van der Waals surface area contributed by atoms with Crippen LogP contribution >= 0.6 is 0 Å². The minimum absolute atomic E-state index is 0.155. The summed E-state index contributed by atoms with van der Waals surface area (Å²) in [5.74, 6) is -1.45. The fourth-order valence-electron chi connectivity index (χ4n) is 1.94. The lowest BCUT2D eigenvalue weighted by atomic mass is 9.94. The summed E-state index contributed by atoms with van der Waals surface area (Å²) in [6.45, 7) is 0.447. The summed E-state index contributed by atoms with van der Waals surface area (Å²) in [6, 6.07) is 0.262. The Morgan fingerprint density at radius 1 is 1.32 bits per heavy atom. The first-order valence-electron chi connectivity index (χ1n) is 6.34. The van der Waals surface area contributed by atoms with Crippen LogP contribution in [0.5, 0.6) is 0 Å². The van der Waals surface area contributed by atoms with Crippen molar-refractivity contribution in [3.63, 3.8) is 0 Å². The number of sulfonamides is 1. The van der Waals surface area contributed by atoms with Crippen molar-refractivity contribution in [2.24, 2.45) is 5.73 Å². The Morgan fingerprint density at radius 2 is 1.95 bits per heavy atom. The standard InChI is InChI=1S/C11H22N2O5S/c1-17-11(14)8-19(15,16)13-6-7-18-10-4-2-9(12)3-5-10/h9-10,13H,2-8,12H2,1H3. The lowest BCUT2D eigenvalue weighted by Gasteiger charge is -2.26. The Hall–Kier alpha value is -0.700. The van der Waals surface area contributed by atoms with E-state index in [0.717, 1.165) is 32.8 Å². The molecule has 0 radical (unpaired) electrons. The molecule has 8 heteroatoms. The van der Waals surface area contributed by atoms with Crippen LogP contribution in [0.25, 0.3) is 0 Å². The van der Waals surface area contributed by atoms with E-state index in [4.69, 9.17) is 10.5 Å². The molecular formula is C11H22N2O5S. The molecule has 0 aromatic rings. The normalized spacial score (nSPS) is 24.1. The van der Waals surface area contributed by atoms with Crippen LogP contribution in [-0.2, 0) is 24.3 Å². The van der Waals surface area contributed by atoms with Crippen LogP contribution in [0.1, 0.15) is 25.7 Å². The molecule has 1 fully saturated rings. The quantitative estimate of drug-likeness (QED) is 0.478. The highest BCUT2D eigenvalue weighted by molar-refractivity contribution is 7.90. The van der Waals surface area contributed by atoms with E-state index in [-0.39, 0.29) is 18.7 Å². The second kappa shape index (κ2) is 7.78. The molecule has 0 aliphatic heterocycles. The maximum atomic E-state index is 11.4. The van der Waals surface area contributed by atoms with Crippen molar-refractivity contribution in [2.75, 3.05) is 26.0 Å². The van der Waals surface area contributed by atoms with Crippen molar-refractivity contribution in [3.8, 4) is 0 Å². The Balaban J connectivity index is 2.15. The topological polar surface area (TPSA) is 108 Å². The Morgan fingerprint density at radius 3 is 2.53 bits per heavy atom. The van der Waals surface area contributed by atoms with Crippen molar-refractivity contribution in [1.82, 2.24) is 4.72 Å². The summed E-state index contributed by atoms with van der Waals surface area (Å²) < 4.78 is 35.0. The molecule has 1 aliphatic rings. The third-order valence-corrected chi connectivity index (χ3v) is 4.29. The van der Waals surface area contributed by atoms with Crippen LogP contribution in [0.4, 0.5) is 0 Å². The van der Waals surface area contributed by atoms with Crippen LogP contribution in [-0.4, -0.2) is 52.5 Å². The molecule has 7 nitrogen and oxygen atoms in total. The molecule has 1 saturated carbocycles. The number of carbonyl (C=O) groups excluding carboxylic acids is 1. The number of carbonyl (C=O) groups is 1. The SMILES string of the molecule is COC(=O)CS(=O)(=O)NCCOC1CCC(N)CC1. The highest BCUT2D eigenvalue weighted by Gasteiger charge is 2.19. The Labute approximate surface area is 113 Å². The number of rotatable bonds is 7. The highest BCUT2D eigenvalue weighted by atomic mass is 32.2. The monoisotopic (exact) mass is 294 g/mol. The van der Waals surface area contributed by atoms with Gasteiger partial charge in [-0.25, -0.2) is 13.1 Å². The van der Waals surface area contributed by atoms with Gasteiger partial charge in [0.15, 0.2) is 5.75 Å². The fourth-order valence-corrected chi connectivity index (χ4v) is 2.87. The van der Waals surface area contributed by atoms with Gasteiger partial charge in [0.2, 0.25) is 10.0 Å². The van der Waals surface area contributed by atoms with Gasteiger partial charge >= 0.3 is 5.97 Å². The Bertz CT molecular complexity index is 377. The second-order valence-electron chi connectivity index (χ2n) is 4.64. The van der Waals surface area contributed by atoms with Gasteiger partial charge in [0.1, 0.15) is 0 Å². The summed E-state index contributed by atoms with van der Waals surface area (Å²) in [7, 11) is -2.48. The summed E-state index contributed by atoms with van der Waals surface area (Å²) in [5.41, 5.74) is 5.78. The molecule has 0 bridgehead atoms. The lowest BCUT2D eigenvalue weighted by molar-refractivity contribution is -0.137. The van der Waals surface area contributed by atoms with Gasteiger partial charge in [-0.3, -0.25) is 4.79 Å². The average molecular weight is 294 g/mol. The van der Waals surface area contributed by atoms with Crippen LogP contribution in [0.2, 0.25) is 0 Å². The van der Waals surface area contributed by atoms with E-state index in [9.17, 15) is 13.2 Å². The largest absolute Gasteiger partial charge is 0.468 e. The maximum Gasteiger partial charge on any atom is 0.322 e. The molecule has 3 N–H and O–H groups in total. The van der Waals surface area contributed by atoms with Gasteiger partial charge in [-0.1, -0.05) is 0 Å². The average Bonchev–Trinajstić information content (AvgIpc) is 2.36. The summed E-state index contributed by atoms with van der Waals surface area (Å²) in [4.78, 5) is 10.9. The van der Waals surface area contributed by atoms with E-state index in [0.29, 0.717) is 6.61 Å². The zero-order valence-corrected chi connectivity index (χ0v) is 11.9. The van der Waals surface area contributed by atoms with E-state index in [1.54, 1.807) is 0 Å². The first kappa shape index (κ1) is 16.4. The molecule has 0 atom stereocenters. The molecule has 112 valence electrons. The van der Waals surface area contributed by atoms with Gasteiger partial charge < -0.3 is 15.2 Å². The van der Waals surface area contributed by atoms with Crippen molar-refractivity contribution >= 4 is 16.0 Å². The summed E-state index contributed by atoms with van der Waals surface area (Å²) in [5, 5.41) is 0. The zero-order chi connectivity index (χ0) is 14.3. The van der Waals surface area contributed by atoms with E-state index >= 15 is 0 Å². The summed E-state index contributed by atoms with van der Waals surface area (Å²) >= 11 is 0. The van der Waals surface area contributed by atoms with Crippen LogP contribution < -0.4 is 10.5 Å². The van der Waals surface area contributed by atoms with Crippen molar-refractivity contribution in [3.05, 3.63) is 0 Å². The minimum atomic E-state index is -3.63. The molecule has 1 rings (SSSR count). The van der Waals surface area contributed by atoms with Gasteiger partial charge in [0.25, 0.3) is 0 Å². The molecule has 0 amide bonds. The third kappa shape index (κ3) is 6.86. The number of nitrogens with one attached hydrogen (secondary N) is 1. The molecule has 0 saturated heterocycles. The lowest BCUT2D eigenvalue weighted by Crippen LogP contribution is -2.35. The highest BCUT2D eigenvalue weighted by Crippen LogP contribution is 2.19.